The molecule has 0 radical (unpaired) electrons. The normalized spacial score (nSPS) is 15.0. The monoisotopic (exact) mass is 516 g/mol. The Morgan fingerprint density at radius 1 is 1.06 bits per heavy atom. The molecular formula is C24H25BrN2O6. The number of imide groups is 2. The number of ether oxygens (including phenoxy) is 3. The molecule has 0 spiro atoms. The average molecular weight is 517 g/mol. The lowest BCUT2D eigenvalue weighted by Crippen LogP contribution is -2.54. The molecule has 9 heteroatoms. The maximum Gasteiger partial charge on any atom is 0.335 e. The second kappa shape index (κ2) is 11.0. The van der Waals surface area contributed by atoms with Crippen molar-refractivity contribution in [3.63, 3.8) is 0 Å². The van der Waals surface area contributed by atoms with Crippen LogP contribution in [0.3, 0.4) is 0 Å². The van der Waals surface area contributed by atoms with Crippen LogP contribution in [0.5, 0.6) is 17.2 Å². The second-order valence-electron chi connectivity index (χ2n) is 7.12. The van der Waals surface area contributed by atoms with Gasteiger partial charge in [0.1, 0.15) is 11.3 Å². The van der Waals surface area contributed by atoms with Gasteiger partial charge in [-0.2, -0.15) is 0 Å². The Morgan fingerprint density at radius 2 is 1.79 bits per heavy atom. The third-order valence-corrected chi connectivity index (χ3v) is 5.40. The quantitative estimate of drug-likeness (QED) is 0.295. The van der Waals surface area contributed by atoms with Crippen molar-refractivity contribution < 1.29 is 28.6 Å². The van der Waals surface area contributed by atoms with E-state index in [2.05, 4.69) is 28.2 Å². The van der Waals surface area contributed by atoms with E-state index < -0.39 is 17.8 Å². The van der Waals surface area contributed by atoms with Crippen LogP contribution >= 0.6 is 15.9 Å². The molecule has 0 bridgehead atoms. The van der Waals surface area contributed by atoms with Gasteiger partial charge in [0, 0.05) is 0 Å². The summed E-state index contributed by atoms with van der Waals surface area (Å²) < 4.78 is 17.2. The van der Waals surface area contributed by atoms with Gasteiger partial charge < -0.3 is 14.2 Å². The summed E-state index contributed by atoms with van der Waals surface area (Å²) in [5, 5.41) is 2.22. The minimum absolute atomic E-state index is 0.183. The lowest BCUT2D eigenvalue weighted by molar-refractivity contribution is -0.122. The minimum Gasteiger partial charge on any atom is -0.494 e. The van der Waals surface area contributed by atoms with Crippen molar-refractivity contribution in [2.45, 2.75) is 26.7 Å². The molecule has 3 rings (SSSR count). The van der Waals surface area contributed by atoms with E-state index in [-0.39, 0.29) is 5.57 Å². The first kappa shape index (κ1) is 24.3. The topological polar surface area (TPSA) is 94.2 Å². The van der Waals surface area contributed by atoms with Gasteiger partial charge in [0.05, 0.1) is 30.5 Å². The number of hydrogen-bond acceptors (Lipinski definition) is 6. The molecule has 1 saturated heterocycles. The van der Waals surface area contributed by atoms with Crippen LogP contribution in [0.4, 0.5) is 10.5 Å². The summed E-state index contributed by atoms with van der Waals surface area (Å²) >= 11 is 3.41. The predicted molar refractivity (Wildman–Crippen MR) is 128 cm³/mol. The number of benzene rings is 2. The van der Waals surface area contributed by atoms with E-state index in [4.69, 9.17) is 14.2 Å². The van der Waals surface area contributed by atoms with E-state index in [1.54, 1.807) is 36.4 Å². The number of barbiturate groups is 1. The number of hydrogen-bond donors (Lipinski definition) is 1. The molecule has 33 heavy (non-hydrogen) atoms. The second-order valence-corrected chi connectivity index (χ2v) is 7.98. The smallest absolute Gasteiger partial charge is 0.335 e. The lowest BCUT2D eigenvalue weighted by atomic mass is 10.1. The maximum atomic E-state index is 13.1. The molecule has 0 aliphatic carbocycles. The molecule has 0 saturated carbocycles. The van der Waals surface area contributed by atoms with Crippen molar-refractivity contribution in [3.8, 4) is 17.2 Å². The summed E-state index contributed by atoms with van der Waals surface area (Å²) in [7, 11) is 1.52. The van der Waals surface area contributed by atoms with Crippen LogP contribution in [0.15, 0.2) is 46.4 Å². The number of amides is 4. The number of nitrogens with one attached hydrogen (secondary N) is 1. The molecule has 0 unspecified atom stereocenters. The number of methoxy groups -OCH3 is 1. The first-order chi connectivity index (χ1) is 15.9. The molecule has 1 aliphatic rings. The highest BCUT2D eigenvalue weighted by atomic mass is 79.9. The van der Waals surface area contributed by atoms with E-state index in [0.29, 0.717) is 46.2 Å². The molecule has 0 aromatic heterocycles. The molecule has 0 atom stereocenters. The average Bonchev–Trinajstić information content (AvgIpc) is 2.78. The summed E-state index contributed by atoms with van der Waals surface area (Å²) in [6, 6.07) is 9.10. The Bertz CT molecular complexity index is 1080. The van der Waals surface area contributed by atoms with Gasteiger partial charge in [0.15, 0.2) is 11.5 Å². The minimum atomic E-state index is -0.812. The summed E-state index contributed by atoms with van der Waals surface area (Å²) in [5.41, 5.74) is 0.667. The van der Waals surface area contributed by atoms with Gasteiger partial charge in [-0.3, -0.25) is 14.9 Å². The largest absolute Gasteiger partial charge is 0.494 e. The van der Waals surface area contributed by atoms with Gasteiger partial charge in [-0.1, -0.05) is 13.3 Å². The number of rotatable bonds is 9. The highest BCUT2D eigenvalue weighted by Crippen LogP contribution is 2.37. The first-order valence-electron chi connectivity index (χ1n) is 10.5. The molecular weight excluding hydrogens is 492 g/mol. The highest BCUT2D eigenvalue weighted by molar-refractivity contribution is 9.10. The van der Waals surface area contributed by atoms with Crippen LogP contribution in [0.25, 0.3) is 6.08 Å². The van der Waals surface area contributed by atoms with Crippen molar-refractivity contribution in [3.05, 3.63) is 52.0 Å². The summed E-state index contributed by atoms with van der Waals surface area (Å²) in [4.78, 5) is 39.0. The van der Waals surface area contributed by atoms with Gasteiger partial charge in [0.2, 0.25) is 0 Å². The first-order valence-corrected chi connectivity index (χ1v) is 11.3. The number of halogens is 1. The van der Waals surface area contributed by atoms with Gasteiger partial charge in [-0.25, -0.2) is 9.69 Å². The van der Waals surface area contributed by atoms with Crippen LogP contribution < -0.4 is 24.4 Å². The SMILES string of the molecule is CCCCOc1ccc(N2C(=O)NC(=O)/C(=C/c3cc(Br)c(OC)c(OCC)c3)C2=O)cc1. The van der Waals surface area contributed by atoms with E-state index in [1.165, 1.54) is 13.2 Å². The van der Waals surface area contributed by atoms with Crippen molar-refractivity contribution in [1.82, 2.24) is 5.32 Å². The highest BCUT2D eigenvalue weighted by Gasteiger charge is 2.36. The third kappa shape index (κ3) is 5.54. The van der Waals surface area contributed by atoms with Crippen molar-refractivity contribution in [2.75, 3.05) is 25.2 Å². The third-order valence-electron chi connectivity index (χ3n) is 4.81. The fourth-order valence-electron chi connectivity index (χ4n) is 3.22. The Hall–Kier alpha value is -3.33. The van der Waals surface area contributed by atoms with Crippen LogP contribution in [0.1, 0.15) is 32.3 Å². The molecule has 1 aliphatic heterocycles. The fourth-order valence-corrected chi connectivity index (χ4v) is 3.84. The molecule has 1 fully saturated rings. The number of nitrogens with zero attached hydrogens (tertiary/aromatic N) is 1. The number of carbonyl (C=O) groups is 3. The zero-order chi connectivity index (χ0) is 24.0. The molecule has 1 N–H and O–H groups in total. The van der Waals surface area contributed by atoms with E-state index >= 15 is 0 Å². The molecule has 1 heterocycles. The van der Waals surface area contributed by atoms with Gasteiger partial charge in [-0.05, 0) is 77.3 Å². The molecule has 4 amide bonds. The lowest BCUT2D eigenvalue weighted by Gasteiger charge is -2.26. The number of urea groups is 1. The zero-order valence-electron chi connectivity index (χ0n) is 18.6. The summed E-state index contributed by atoms with van der Waals surface area (Å²) in [5.74, 6) is 0.0855. The Morgan fingerprint density at radius 3 is 2.42 bits per heavy atom. The van der Waals surface area contributed by atoms with Gasteiger partial charge in [0.25, 0.3) is 11.8 Å². The van der Waals surface area contributed by atoms with E-state index in [9.17, 15) is 14.4 Å². The number of unbranched alkanes of at least 4 members (excludes halogenated alkanes) is 1. The summed E-state index contributed by atoms with van der Waals surface area (Å²) in [6.45, 7) is 4.89. The molecule has 2 aromatic rings. The zero-order valence-corrected chi connectivity index (χ0v) is 20.2. The Labute approximate surface area is 200 Å². The van der Waals surface area contributed by atoms with Crippen LogP contribution in [-0.4, -0.2) is 38.2 Å². The van der Waals surface area contributed by atoms with Gasteiger partial charge in [-0.15, -0.1) is 0 Å². The molecule has 2 aromatic carbocycles. The van der Waals surface area contributed by atoms with Crippen molar-refractivity contribution in [2.24, 2.45) is 0 Å². The van der Waals surface area contributed by atoms with Crippen LogP contribution in [0, 0.1) is 0 Å². The standard InChI is InChI=1S/C24H25BrN2O6/c1-4-6-11-33-17-9-7-16(8-10-17)27-23(29)18(22(28)26-24(27)30)12-15-13-19(25)21(31-3)20(14-15)32-5-2/h7-10,12-14H,4-6,11H2,1-3H3,(H,26,28,30)/b18-12-. The fraction of sp³-hybridized carbons (Fsp3) is 0.292. The van der Waals surface area contributed by atoms with Crippen molar-refractivity contribution in [1.29, 1.82) is 0 Å². The maximum absolute atomic E-state index is 13.1. The predicted octanol–water partition coefficient (Wildman–Crippen LogP) is 4.70. The molecule has 174 valence electrons. The number of carbonyl (C=O) groups excluding carboxylic acids is 3. The molecule has 8 nitrogen and oxygen atoms in total. The van der Waals surface area contributed by atoms with E-state index in [1.807, 2.05) is 6.92 Å². The Balaban J connectivity index is 1.91. The Kier molecular flexibility index (Phi) is 8.11. The van der Waals surface area contributed by atoms with E-state index in [0.717, 1.165) is 17.7 Å². The summed E-state index contributed by atoms with van der Waals surface area (Å²) in [6.07, 6.45) is 3.35. The van der Waals surface area contributed by atoms with Gasteiger partial charge >= 0.3 is 6.03 Å². The van der Waals surface area contributed by atoms with Crippen molar-refractivity contribution >= 4 is 45.5 Å². The van der Waals surface area contributed by atoms with Crippen LogP contribution in [-0.2, 0) is 9.59 Å². The number of anilines is 1. The van der Waals surface area contributed by atoms with Crippen LogP contribution in [0.2, 0.25) is 0 Å².